The summed E-state index contributed by atoms with van der Waals surface area (Å²) in [5.41, 5.74) is 3.47. The Morgan fingerprint density at radius 3 is 1.77 bits per heavy atom. The van der Waals surface area contributed by atoms with Crippen molar-refractivity contribution in [1.82, 2.24) is 0 Å². The molecule has 116 valence electrons. The largest absolute Gasteiger partial charge is 0.416 e. The van der Waals surface area contributed by atoms with Crippen LogP contribution in [0.5, 0.6) is 0 Å². The number of hydrogen-bond acceptors (Lipinski definition) is 1. The van der Waals surface area contributed by atoms with Crippen LogP contribution in [0.4, 0.5) is 0 Å². The van der Waals surface area contributed by atoms with Crippen molar-refractivity contribution in [1.29, 1.82) is 0 Å². The molecule has 0 spiro atoms. The molecule has 0 aliphatic rings. The van der Waals surface area contributed by atoms with Crippen molar-refractivity contribution in [3.63, 3.8) is 0 Å². The predicted molar refractivity (Wildman–Crippen MR) is 104 cm³/mol. The Bertz CT molecular complexity index is 640. The summed E-state index contributed by atoms with van der Waals surface area (Å²) in [7, 11) is -0.655. The van der Waals surface area contributed by atoms with Crippen molar-refractivity contribution in [2.45, 2.75) is 26.2 Å². The van der Waals surface area contributed by atoms with E-state index >= 15 is 0 Å². The van der Waals surface area contributed by atoms with Gasteiger partial charge < -0.3 is 4.43 Å². The Balaban J connectivity index is 2.23. The fourth-order valence-electron chi connectivity index (χ4n) is 2.43. The van der Waals surface area contributed by atoms with Gasteiger partial charge in [-0.2, -0.15) is 0 Å². The first-order valence-electron chi connectivity index (χ1n) is 7.80. The van der Waals surface area contributed by atoms with Crippen molar-refractivity contribution in [2.75, 3.05) is 7.11 Å². The maximum Gasteiger partial charge on any atom is 0.217 e. The molecule has 3 heteroatoms. The molecule has 1 nitrogen and oxygen atoms in total. The fourth-order valence-corrected chi connectivity index (χ4v) is 4.59. The van der Waals surface area contributed by atoms with Crippen LogP contribution in [0.2, 0.25) is 26.2 Å². The Morgan fingerprint density at radius 2 is 1.36 bits per heavy atom. The molecule has 0 aliphatic carbocycles. The molecule has 0 bridgehead atoms. The zero-order valence-corrected chi connectivity index (χ0v) is 16.5. The smallest absolute Gasteiger partial charge is 0.217 e. The van der Waals surface area contributed by atoms with E-state index in [1.807, 2.05) is 0 Å². The van der Waals surface area contributed by atoms with Gasteiger partial charge in [-0.1, -0.05) is 73.4 Å². The van der Waals surface area contributed by atoms with Crippen LogP contribution in [-0.4, -0.2) is 24.2 Å². The van der Waals surface area contributed by atoms with Crippen LogP contribution in [0.25, 0.3) is 5.57 Å². The van der Waals surface area contributed by atoms with Crippen LogP contribution in [0.15, 0.2) is 55.1 Å². The van der Waals surface area contributed by atoms with Crippen molar-refractivity contribution >= 4 is 33.1 Å². The van der Waals surface area contributed by atoms with Gasteiger partial charge in [0.05, 0.1) is 8.80 Å². The molecule has 0 fully saturated rings. The Kier molecular flexibility index (Phi) is 5.21. The molecule has 0 heterocycles. The van der Waals surface area contributed by atoms with Crippen molar-refractivity contribution in [3.8, 4) is 0 Å². The zero-order chi connectivity index (χ0) is 16.3. The van der Waals surface area contributed by atoms with Gasteiger partial charge in [0.1, 0.15) is 0 Å². The number of benzene rings is 2. The first kappa shape index (κ1) is 16.9. The van der Waals surface area contributed by atoms with Crippen molar-refractivity contribution < 1.29 is 4.43 Å². The standard InChI is InChI=1S/C19H26OSi2/c1-15(16-7-11-18(12-8-16)21(3)4)17-9-13-19(14-10-17)22(5,6)20-2/h7-14,21H,1H2,2-6H3. The highest BCUT2D eigenvalue weighted by Gasteiger charge is 2.23. The van der Waals surface area contributed by atoms with E-state index in [0.717, 1.165) is 5.57 Å². The lowest BCUT2D eigenvalue weighted by Gasteiger charge is -2.20. The molecule has 2 aromatic carbocycles. The molecule has 0 radical (unpaired) electrons. The lowest BCUT2D eigenvalue weighted by Crippen LogP contribution is -2.43. The van der Waals surface area contributed by atoms with Gasteiger partial charge in [-0.05, 0) is 35.0 Å². The van der Waals surface area contributed by atoms with Crippen LogP contribution in [0, 0.1) is 0 Å². The van der Waals surface area contributed by atoms with Gasteiger partial charge >= 0.3 is 0 Å². The van der Waals surface area contributed by atoms with Crippen molar-refractivity contribution in [3.05, 3.63) is 66.2 Å². The topological polar surface area (TPSA) is 9.23 Å². The molecule has 0 aliphatic heterocycles. The highest BCUT2D eigenvalue weighted by atomic mass is 28.4. The summed E-state index contributed by atoms with van der Waals surface area (Å²) in [5, 5.41) is 2.81. The van der Waals surface area contributed by atoms with E-state index in [-0.39, 0.29) is 0 Å². The quantitative estimate of drug-likeness (QED) is 0.764. The molecule has 22 heavy (non-hydrogen) atoms. The Labute approximate surface area is 137 Å². The van der Waals surface area contributed by atoms with Crippen LogP contribution in [0.3, 0.4) is 0 Å². The second kappa shape index (κ2) is 6.77. The number of hydrogen-bond donors (Lipinski definition) is 0. The minimum Gasteiger partial charge on any atom is -0.416 e. The van der Waals surface area contributed by atoms with Crippen LogP contribution in [-0.2, 0) is 4.43 Å². The summed E-state index contributed by atoms with van der Waals surface area (Å²) >= 11 is 0. The van der Waals surface area contributed by atoms with Crippen molar-refractivity contribution in [2.24, 2.45) is 0 Å². The molecule has 2 aromatic rings. The van der Waals surface area contributed by atoms with E-state index in [9.17, 15) is 0 Å². The van der Waals surface area contributed by atoms with E-state index in [1.165, 1.54) is 21.5 Å². The third-order valence-electron chi connectivity index (χ3n) is 4.36. The maximum absolute atomic E-state index is 5.66. The summed E-state index contributed by atoms with van der Waals surface area (Å²) in [6.07, 6.45) is 0. The minimum absolute atomic E-state index is 0.723. The van der Waals surface area contributed by atoms with E-state index in [0.29, 0.717) is 0 Å². The Hall–Kier alpha value is -1.43. The number of rotatable bonds is 5. The summed E-state index contributed by atoms with van der Waals surface area (Å²) < 4.78 is 5.66. The van der Waals surface area contributed by atoms with Crippen LogP contribution < -0.4 is 10.4 Å². The second-order valence-corrected chi connectivity index (χ2v) is 13.5. The normalized spacial score (nSPS) is 11.7. The molecular formula is C19H26OSi2. The maximum atomic E-state index is 5.66. The van der Waals surface area contributed by atoms with Gasteiger partial charge in [0.15, 0.2) is 0 Å². The van der Waals surface area contributed by atoms with Crippen LogP contribution in [0.1, 0.15) is 11.1 Å². The molecular weight excluding hydrogens is 300 g/mol. The molecule has 2 rings (SSSR count). The fraction of sp³-hybridized carbons (Fsp3) is 0.263. The summed E-state index contributed by atoms with van der Waals surface area (Å²) in [5.74, 6) is 0. The monoisotopic (exact) mass is 326 g/mol. The molecule has 0 aromatic heterocycles. The average molecular weight is 327 g/mol. The minimum atomic E-state index is -1.74. The average Bonchev–Trinajstić information content (AvgIpc) is 2.54. The van der Waals surface area contributed by atoms with Gasteiger partial charge in [0.2, 0.25) is 8.32 Å². The molecule has 0 amide bonds. The van der Waals surface area contributed by atoms with Gasteiger partial charge in [-0.3, -0.25) is 0 Å². The van der Waals surface area contributed by atoms with Gasteiger partial charge in [0.25, 0.3) is 0 Å². The predicted octanol–water partition coefficient (Wildman–Crippen LogP) is 3.50. The first-order chi connectivity index (χ1) is 10.3. The molecule has 0 unspecified atom stereocenters. The van der Waals surface area contributed by atoms with E-state index in [1.54, 1.807) is 7.11 Å². The third-order valence-corrected chi connectivity index (χ3v) is 8.83. The molecule has 0 N–H and O–H groups in total. The van der Waals surface area contributed by atoms with Gasteiger partial charge in [-0.15, -0.1) is 0 Å². The SMILES string of the molecule is C=C(c1ccc([SiH](C)C)cc1)c1ccc([Si](C)(C)OC)cc1. The first-order valence-corrected chi connectivity index (χ1v) is 13.6. The van der Waals surface area contributed by atoms with Gasteiger partial charge in [-0.25, -0.2) is 0 Å². The summed E-state index contributed by atoms with van der Waals surface area (Å²) in [4.78, 5) is 0. The molecule has 0 atom stereocenters. The van der Waals surface area contributed by atoms with E-state index in [4.69, 9.17) is 4.43 Å². The van der Waals surface area contributed by atoms with Crippen LogP contribution >= 0.6 is 0 Å². The van der Waals surface area contributed by atoms with E-state index < -0.39 is 17.1 Å². The lowest BCUT2D eigenvalue weighted by molar-refractivity contribution is 0.416. The third kappa shape index (κ3) is 3.66. The van der Waals surface area contributed by atoms with Gasteiger partial charge in [0, 0.05) is 7.11 Å². The zero-order valence-electron chi connectivity index (χ0n) is 14.3. The second-order valence-electron chi connectivity index (χ2n) is 6.55. The highest BCUT2D eigenvalue weighted by molar-refractivity contribution is 6.84. The highest BCUT2D eigenvalue weighted by Crippen LogP contribution is 2.20. The summed E-state index contributed by atoms with van der Waals surface area (Å²) in [6.45, 7) is 13.4. The van der Waals surface area contributed by atoms with E-state index in [2.05, 4.69) is 81.3 Å². The summed E-state index contributed by atoms with van der Waals surface area (Å²) in [6, 6.07) is 17.6. The Morgan fingerprint density at radius 1 is 0.909 bits per heavy atom. The molecule has 0 saturated carbocycles. The lowest BCUT2D eigenvalue weighted by atomic mass is 10.00. The molecule has 0 saturated heterocycles.